The number of rotatable bonds is 5. The van der Waals surface area contributed by atoms with Crippen LogP contribution < -0.4 is 14.8 Å². The molecule has 3 heterocycles. The van der Waals surface area contributed by atoms with E-state index in [-0.39, 0.29) is 0 Å². The highest BCUT2D eigenvalue weighted by molar-refractivity contribution is 5.66. The molecular formula is C19H26N4O2. The van der Waals surface area contributed by atoms with Crippen molar-refractivity contribution in [3.63, 3.8) is 0 Å². The van der Waals surface area contributed by atoms with Gasteiger partial charge in [0, 0.05) is 30.3 Å². The van der Waals surface area contributed by atoms with Crippen molar-refractivity contribution in [3.8, 4) is 22.8 Å². The predicted octanol–water partition coefficient (Wildman–Crippen LogP) is 2.42. The van der Waals surface area contributed by atoms with Gasteiger partial charge >= 0.3 is 0 Å². The highest BCUT2D eigenvalue weighted by atomic mass is 16.6. The van der Waals surface area contributed by atoms with Crippen LogP contribution in [0.25, 0.3) is 11.3 Å². The largest absolute Gasteiger partial charge is 0.486 e. The fourth-order valence-electron chi connectivity index (χ4n) is 3.66. The Labute approximate surface area is 148 Å². The molecule has 2 aliphatic heterocycles. The Bertz CT molecular complexity index is 715. The summed E-state index contributed by atoms with van der Waals surface area (Å²) in [7, 11) is 0. The van der Waals surface area contributed by atoms with Crippen molar-refractivity contribution in [1.82, 2.24) is 20.4 Å². The lowest BCUT2D eigenvalue weighted by molar-refractivity contribution is 0.171. The second-order valence-corrected chi connectivity index (χ2v) is 6.74. The van der Waals surface area contributed by atoms with Crippen molar-refractivity contribution in [3.05, 3.63) is 30.0 Å². The van der Waals surface area contributed by atoms with Gasteiger partial charge in [0.1, 0.15) is 13.2 Å². The van der Waals surface area contributed by atoms with Gasteiger partial charge in [-0.3, -0.25) is 5.10 Å². The van der Waals surface area contributed by atoms with Gasteiger partial charge in [-0.05, 0) is 44.1 Å². The molecule has 2 aliphatic rings. The second kappa shape index (κ2) is 7.45. The number of hydrogen-bond donors (Lipinski definition) is 2. The van der Waals surface area contributed by atoms with Crippen LogP contribution in [0.15, 0.2) is 24.4 Å². The summed E-state index contributed by atoms with van der Waals surface area (Å²) >= 11 is 0. The summed E-state index contributed by atoms with van der Waals surface area (Å²) in [5, 5.41) is 11.1. The number of nitrogens with zero attached hydrogens (tertiary/aromatic N) is 2. The van der Waals surface area contributed by atoms with Gasteiger partial charge in [0.15, 0.2) is 11.5 Å². The molecule has 0 aliphatic carbocycles. The first-order chi connectivity index (χ1) is 12.3. The molecule has 1 saturated heterocycles. The number of aromatic amines is 1. The molecule has 1 unspecified atom stereocenters. The van der Waals surface area contributed by atoms with E-state index in [2.05, 4.69) is 33.4 Å². The summed E-state index contributed by atoms with van der Waals surface area (Å²) in [4.78, 5) is 2.51. The predicted molar refractivity (Wildman–Crippen MR) is 97.0 cm³/mol. The Kier molecular flexibility index (Phi) is 4.90. The first kappa shape index (κ1) is 16.4. The van der Waals surface area contributed by atoms with Gasteiger partial charge < -0.3 is 19.7 Å². The summed E-state index contributed by atoms with van der Waals surface area (Å²) in [6.45, 7) is 7.76. The van der Waals surface area contributed by atoms with Crippen molar-refractivity contribution < 1.29 is 9.47 Å². The molecule has 1 fully saturated rings. The van der Waals surface area contributed by atoms with Crippen LogP contribution in [0.1, 0.15) is 25.3 Å². The summed E-state index contributed by atoms with van der Waals surface area (Å²) in [6, 6.07) is 6.62. The second-order valence-electron chi connectivity index (χ2n) is 6.74. The average Bonchev–Trinajstić information content (AvgIpc) is 3.15. The lowest BCUT2D eigenvalue weighted by atomic mass is 10.0. The molecule has 0 spiro atoms. The number of H-pyrrole nitrogens is 1. The molecule has 4 rings (SSSR count). The Hall–Kier alpha value is -2.05. The lowest BCUT2D eigenvalue weighted by Gasteiger charge is -2.32. The maximum Gasteiger partial charge on any atom is 0.162 e. The van der Waals surface area contributed by atoms with Gasteiger partial charge in [-0.25, -0.2) is 0 Å². The van der Waals surface area contributed by atoms with E-state index in [1.807, 2.05) is 18.3 Å². The maximum atomic E-state index is 5.70. The lowest BCUT2D eigenvalue weighted by Crippen LogP contribution is -2.45. The highest BCUT2D eigenvalue weighted by Gasteiger charge is 2.19. The first-order valence-corrected chi connectivity index (χ1v) is 9.21. The molecular weight excluding hydrogens is 316 g/mol. The van der Waals surface area contributed by atoms with Crippen LogP contribution in [-0.2, 0) is 6.54 Å². The fraction of sp³-hybridized carbons (Fsp3) is 0.526. The fourth-order valence-corrected chi connectivity index (χ4v) is 3.66. The molecule has 134 valence electrons. The third-order valence-corrected chi connectivity index (χ3v) is 5.08. The summed E-state index contributed by atoms with van der Waals surface area (Å²) in [5.41, 5.74) is 3.32. The molecule has 0 bridgehead atoms. The molecule has 0 radical (unpaired) electrons. The Balaban J connectivity index is 1.45. The molecule has 1 atom stereocenters. The number of hydrogen-bond acceptors (Lipinski definition) is 5. The number of benzene rings is 1. The van der Waals surface area contributed by atoms with Crippen molar-refractivity contribution in [2.45, 2.75) is 32.4 Å². The number of piperidine rings is 1. The van der Waals surface area contributed by atoms with Crippen LogP contribution in [-0.4, -0.2) is 54.0 Å². The Morgan fingerprint density at radius 3 is 3.04 bits per heavy atom. The van der Waals surface area contributed by atoms with Crippen molar-refractivity contribution in [1.29, 1.82) is 0 Å². The number of nitrogens with one attached hydrogen (secondary N) is 2. The number of aromatic nitrogens is 2. The van der Waals surface area contributed by atoms with Crippen molar-refractivity contribution in [2.75, 3.05) is 32.8 Å². The van der Waals surface area contributed by atoms with Crippen LogP contribution >= 0.6 is 0 Å². The van der Waals surface area contributed by atoms with Crippen LogP contribution in [0, 0.1) is 0 Å². The molecule has 1 aromatic heterocycles. The van der Waals surface area contributed by atoms with Crippen LogP contribution in [0.3, 0.4) is 0 Å². The zero-order chi connectivity index (χ0) is 17.1. The molecule has 2 N–H and O–H groups in total. The average molecular weight is 342 g/mol. The molecule has 0 amide bonds. The number of likely N-dealkylation sites (N-methyl/N-ethyl adjacent to an activating group) is 1. The van der Waals surface area contributed by atoms with E-state index < -0.39 is 0 Å². The van der Waals surface area contributed by atoms with Crippen LogP contribution in [0.4, 0.5) is 0 Å². The summed E-state index contributed by atoms with van der Waals surface area (Å²) < 4.78 is 11.3. The van der Waals surface area contributed by atoms with E-state index in [0.29, 0.717) is 19.3 Å². The van der Waals surface area contributed by atoms with Crippen LogP contribution in [0.5, 0.6) is 11.5 Å². The quantitative estimate of drug-likeness (QED) is 0.874. The molecule has 0 saturated carbocycles. The maximum absolute atomic E-state index is 5.70. The van der Waals surface area contributed by atoms with E-state index in [1.54, 1.807) is 0 Å². The third-order valence-electron chi connectivity index (χ3n) is 5.08. The first-order valence-electron chi connectivity index (χ1n) is 9.21. The normalized spacial score (nSPS) is 20.6. The summed E-state index contributed by atoms with van der Waals surface area (Å²) in [5.74, 6) is 1.62. The number of ether oxygens (including phenoxy) is 2. The van der Waals surface area contributed by atoms with E-state index in [9.17, 15) is 0 Å². The zero-order valence-corrected chi connectivity index (χ0v) is 14.8. The minimum absolute atomic E-state index is 0.553. The minimum Gasteiger partial charge on any atom is -0.486 e. The van der Waals surface area contributed by atoms with E-state index in [4.69, 9.17) is 9.47 Å². The number of likely N-dealkylation sites (tertiary alicyclic amines) is 1. The molecule has 2 aromatic rings. The van der Waals surface area contributed by atoms with E-state index in [1.165, 1.54) is 24.9 Å². The molecule has 6 nitrogen and oxygen atoms in total. The van der Waals surface area contributed by atoms with E-state index in [0.717, 1.165) is 42.4 Å². The van der Waals surface area contributed by atoms with E-state index >= 15 is 0 Å². The molecule has 1 aromatic carbocycles. The monoisotopic (exact) mass is 342 g/mol. The zero-order valence-electron chi connectivity index (χ0n) is 14.8. The SMILES string of the molecule is CCN1CCCC(NCc2cn[nH]c2-c2ccc3c(c2)OCCO3)C1. The smallest absolute Gasteiger partial charge is 0.162 e. The van der Waals surface area contributed by atoms with Gasteiger partial charge in [-0.1, -0.05) is 6.92 Å². The van der Waals surface area contributed by atoms with Gasteiger partial charge in [-0.2, -0.15) is 5.10 Å². The van der Waals surface area contributed by atoms with Crippen LogP contribution in [0.2, 0.25) is 0 Å². The minimum atomic E-state index is 0.553. The van der Waals surface area contributed by atoms with Crippen molar-refractivity contribution >= 4 is 0 Å². The standard InChI is InChI=1S/C19H26N4O2/c1-2-23-7-3-4-16(13-23)20-11-15-12-21-22-19(15)14-5-6-17-18(10-14)25-9-8-24-17/h5-6,10,12,16,20H,2-4,7-9,11,13H2,1H3,(H,21,22). The topological polar surface area (TPSA) is 62.4 Å². The highest BCUT2D eigenvalue weighted by Crippen LogP contribution is 2.34. The summed E-state index contributed by atoms with van der Waals surface area (Å²) in [6.07, 6.45) is 4.43. The van der Waals surface area contributed by atoms with Gasteiger partial charge in [0.2, 0.25) is 0 Å². The van der Waals surface area contributed by atoms with Gasteiger partial charge in [0.05, 0.1) is 11.9 Å². The Morgan fingerprint density at radius 1 is 1.28 bits per heavy atom. The molecule has 25 heavy (non-hydrogen) atoms. The Morgan fingerprint density at radius 2 is 2.16 bits per heavy atom. The van der Waals surface area contributed by atoms with Gasteiger partial charge in [0.25, 0.3) is 0 Å². The molecule has 6 heteroatoms. The van der Waals surface area contributed by atoms with Crippen molar-refractivity contribution in [2.24, 2.45) is 0 Å². The van der Waals surface area contributed by atoms with Gasteiger partial charge in [-0.15, -0.1) is 0 Å². The number of fused-ring (bicyclic) bond motifs is 1. The third kappa shape index (κ3) is 3.65.